The minimum Gasteiger partial charge on any atom is -0.370 e. The first-order valence-corrected chi connectivity index (χ1v) is 8.62. The van der Waals surface area contributed by atoms with Crippen molar-refractivity contribution in [1.29, 1.82) is 0 Å². The summed E-state index contributed by atoms with van der Waals surface area (Å²) in [5.41, 5.74) is 0.714. The Morgan fingerprint density at radius 2 is 1.76 bits per heavy atom. The molecule has 0 bridgehead atoms. The first-order chi connectivity index (χ1) is 12.3. The van der Waals surface area contributed by atoms with Crippen LogP contribution in [0.15, 0.2) is 53.7 Å². The monoisotopic (exact) mass is 343 g/mol. The van der Waals surface area contributed by atoms with E-state index in [1.165, 1.54) is 6.07 Å². The van der Waals surface area contributed by atoms with Crippen LogP contribution in [0.4, 0.5) is 10.2 Å². The molecule has 25 heavy (non-hydrogen) atoms. The van der Waals surface area contributed by atoms with Crippen molar-refractivity contribution in [2.75, 3.05) is 32.0 Å². The van der Waals surface area contributed by atoms with Crippen LogP contribution in [0.2, 0.25) is 0 Å². The van der Waals surface area contributed by atoms with E-state index in [1.807, 2.05) is 30.3 Å². The van der Waals surface area contributed by atoms with Gasteiger partial charge in [-0.2, -0.15) is 0 Å². The minimum absolute atomic E-state index is 0.160. The average Bonchev–Trinajstić information content (AvgIpc) is 2.65. The largest absolute Gasteiger partial charge is 0.370 e. The van der Waals surface area contributed by atoms with Crippen molar-refractivity contribution in [3.8, 4) is 0 Å². The van der Waals surface area contributed by atoms with Crippen molar-refractivity contribution < 1.29 is 4.39 Å². The van der Waals surface area contributed by atoms with Crippen LogP contribution in [0.25, 0.3) is 0 Å². The van der Waals surface area contributed by atoms with Crippen LogP contribution in [0.1, 0.15) is 18.4 Å². The first-order valence-electron chi connectivity index (χ1n) is 8.62. The molecule has 6 heteroatoms. The molecule has 0 saturated heterocycles. The van der Waals surface area contributed by atoms with Gasteiger partial charge in [-0.3, -0.25) is 4.99 Å². The number of aromatic nitrogens is 1. The molecule has 0 unspecified atom stereocenters. The van der Waals surface area contributed by atoms with Crippen molar-refractivity contribution in [3.05, 3.63) is 60.0 Å². The Hall–Kier alpha value is -2.63. The summed E-state index contributed by atoms with van der Waals surface area (Å²) < 4.78 is 13.6. The molecule has 2 rings (SSSR count). The summed E-state index contributed by atoms with van der Waals surface area (Å²) >= 11 is 0. The molecular formula is C19H26FN5. The summed E-state index contributed by atoms with van der Waals surface area (Å²) in [5, 5.41) is 9.76. The number of nitrogens with one attached hydrogen (secondary N) is 3. The summed E-state index contributed by atoms with van der Waals surface area (Å²) in [6.07, 6.45) is 4.46. The highest BCUT2D eigenvalue weighted by Gasteiger charge is 2.01. The van der Waals surface area contributed by atoms with E-state index in [0.29, 0.717) is 18.5 Å². The van der Waals surface area contributed by atoms with Crippen LogP contribution >= 0.6 is 0 Å². The highest BCUT2D eigenvalue weighted by molar-refractivity contribution is 5.79. The van der Waals surface area contributed by atoms with Gasteiger partial charge in [0, 0.05) is 32.9 Å². The van der Waals surface area contributed by atoms with Crippen LogP contribution in [0.5, 0.6) is 0 Å². The van der Waals surface area contributed by atoms with E-state index in [2.05, 4.69) is 25.9 Å². The molecule has 0 amide bonds. The highest BCUT2D eigenvalue weighted by Crippen LogP contribution is 2.06. The number of hydrogen-bond acceptors (Lipinski definition) is 3. The maximum absolute atomic E-state index is 13.6. The summed E-state index contributed by atoms with van der Waals surface area (Å²) in [5.74, 6) is 1.49. The van der Waals surface area contributed by atoms with E-state index in [0.717, 1.165) is 37.7 Å². The molecule has 0 fully saturated rings. The molecule has 0 aliphatic rings. The molecule has 3 N–H and O–H groups in total. The molecule has 0 aliphatic heterocycles. The Morgan fingerprint density at radius 1 is 1.00 bits per heavy atom. The highest BCUT2D eigenvalue weighted by atomic mass is 19.1. The number of anilines is 1. The second kappa shape index (κ2) is 11.0. The molecule has 2 aromatic rings. The normalized spacial score (nSPS) is 11.2. The van der Waals surface area contributed by atoms with Gasteiger partial charge in [0.25, 0.3) is 0 Å². The zero-order valence-corrected chi connectivity index (χ0v) is 14.6. The molecule has 1 aromatic heterocycles. The van der Waals surface area contributed by atoms with Gasteiger partial charge in [0.1, 0.15) is 11.6 Å². The van der Waals surface area contributed by atoms with Gasteiger partial charge in [-0.15, -0.1) is 0 Å². The molecule has 0 atom stereocenters. The number of guanidine groups is 1. The number of unbranched alkanes of at least 4 members (excludes halogenated alkanes) is 1. The maximum atomic E-state index is 13.6. The van der Waals surface area contributed by atoms with E-state index >= 15 is 0 Å². The van der Waals surface area contributed by atoms with Crippen molar-refractivity contribution >= 4 is 11.8 Å². The van der Waals surface area contributed by atoms with E-state index in [9.17, 15) is 4.39 Å². The predicted octanol–water partition coefficient (Wildman–Crippen LogP) is 2.82. The smallest absolute Gasteiger partial charge is 0.190 e. The lowest BCUT2D eigenvalue weighted by Crippen LogP contribution is -2.38. The fraction of sp³-hybridized carbons (Fsp3) is 0.368. The topological polar surface area (TPSA) is 61.3 Å². The zero-order chi connectivity index (χ0) is 17.7. The second-order valence-corrected chi connectivity index (χ2v) is 5.62. The van der Waals surface area contributed by atoms with Crippen molar-refractivity contribution in [2.45, 2.75) is 19.3 Å². The quantitative estimate of drug-likeness (QED) is 0.372. The van der Waals surface area contributed by atoms with Crippen LogP contribution in [0, 0.1) is 5.82 Å². The molecule has 5 nitrogen and oxygen atoms in total. The molecule has 0 radical (unpaired) electrons. The lowest BCUT2D eigenvalue weighted by molar-refractivity contribution is 0.606. The lowest BCUT2D eigenvalue weighted by atomic mass is 10.1. The van der Waals surface area contributed by atoms with Gasteiger partial charge in [0.15, 0.2) is 5.96 Å². The van der Waals surface area contributed by atoms with E-state index in [-0.39, 0.29) is 5.82 Å². The van der Waals surface area contributed by atoms with Gasteiger partial charge in [0.05, 0.1) is 0 Å². The summed E-state index contributed by atoms with van der Waals surface area (Å²) in [6.45, 7) is 2.36. The molecule has 1 heterocycles. The zero-order valence-electron chi connectivity index (χ0n) is 14.6. The molecule has 0 spiro atoms. The molecular weight excluding hydrogens is 317 g/mol. The van der Waals surface area contributed by atoms with Crippen molar-refractivity contribution in [3.63, 3.8) is 0 Å². The van der Waals surface area contributed by atoms with E-state index < -0.39 is 0 Å². The van der Waals surface area contributed by atoms with E-state index in [4.69, 9.17) is 0 Å². The van der Waals surface area contributed by atoms with Gasteiger partial charge in [-0.25, -0.2) is 9.37 Å². The number of halogens is 1. The fourth-order valence-electron chi connectivity index (χ4n) is 2.38. The van der Waals surface area contributed by atoms with Gasteiger partial charge in [0.2, 0.25) is 0 Å². The molecule has 1 aromatic carbocycles. The SMILES string of the molecule is CN=C(NCCCCNc1ccccn1)NCCc1ccccc1F. The maximum Gasteiger partial charge on any atom is 0.190 e. The number of benzene rings is 1. The first kappa shape index (κ1) is 18.7. The van der Waals surface area contributed by atoms with Gasteiger partial charge in [-0.1, -0.05) is 24.3 Å². The lowest BCUT2D eigenvalue weighted by Gasteiger charge is -2.12. The number of hydrogen-bond donors (Lipinski definition) is 3. The van der Waals surface area contributed by atoms with Crippen LogP contribution in [-0.2, 0) is 6.42 Å². The number of nitrogens with zero attached hydrogens (tertiary/aromatic N) is 2. The Labute approximate surface area is 148 Å². The van der Waals surface area contributed by atoms with Crippen LogP contribution in [0.3, 0.4) is 0 Å². The second-order valence-electron chi connectivity index (χ2n) is 5.62. The Bertz CT molecular complexity index is 645. The van der Waals surface area contributed by atoms with E-state index in [1.54, 1.807) is 19.3 Å². The fourth-order valence-corrected chi connectivity index (χ4v) is 2.38. The Morgan fingerprint density at radius 3 is 2.52 bits per heavy atom. The third-order valence-corrected chi connectivity index (χ3v) is 3.74. The molecule has 0 saturated carbocycles. The third kappa shape index (κ3) is 7.20. The molecule has 134 valence electrons. The number of pyridine rings is 1. The minimum atomic E-state index is -0.160. The van der Waals surface area contributed by atoms with Gasteiger partial charge >= 0.3 is 0 Å². The number of rotatable bonds is 9. The van der Waals surface area contributed by atoms with Gasteiger partial charge in [-0.05, 0) is 43.0 Å². The number of aliphatic imine (C=N–C) groups is 1. The summed E-state index contributed by atoms with van der Waals surface area (Å²) in [4.78, 5) is 8.40. The standard InChI is InChI=1S/C19H26FN5/c1-21-19(25-15-11-16-8-2-3-9-17(16)20)24-14-7-6-13-23-18-10-4-5-12-22-18/h2-5,8-10,12H,6-7,11,13-15H2,1H3,(H,22,23)(H2,21,24,25). The van der Waals surface area contributed by atoms with Crippen molar-refractivity contribution in [2.24, 2.45) is 4.99 Å². The average molecular weight is 343 g/mol. The van der Waals surface area contributed by atoms with Crippen molar-refractivity contribution in [1.82, 2.24) is 15.6 Å². The van der Waals surface area contributed by atoms with Gasteiger partial charge < -0.3 is 16.0 Å². The Kier molecular flexibility index (Phi) is 8.24. The predicted molar refractivity (Wildman–Crippen MR) is 101 cm³/mol. The third-order valence-electron chi connectivity index (χ3n) is 3.74. The molecule has 0 aliphatic carbocycles. The van der Waals surface area contributed by atoms with Crippen LogP contribution in [-0.4, -0.2) is 37.6 Å². The summed E-state index contributed by atoms with van der Waals surface area (Å²) in [6, 6.07) is 12.7. The Balaban J connectivity index is 1.55. The van der Waals surface area contributed by atoms with Crippen LogP contribution < -0.4 is 16.0 Å². The summed E-state index contributed by atoms with van der Waals surface area (Å²) in [7, 11) is 1.74.